The molecule has 1 amide bonds. The summed E-state index contributed by atoms with van der Waals surface area (Å²) in [6.07, 6.45) is 0. The smallest absolute Gasteiger partial charge is 0.241 e. The number of piperazine rings is 1. The summed E-state index contributed by atoms with van der Waals surface area (Å²) in [5.74, 6) is -0.0535. The van der Waals surface area contributed by atoms with Gasteiger partial charge in [-0.15, -0.1) is 0 Å². The van der Waals surface area contributed by atoms with Gasteiger partial charge in [0, 0.05) is 38.4 Å². The van der Waals surface area contributed by atoms with E-state index in [4.69, 9.17) is 4.74 Å². The maximum Gasteiger partial charge on any atom is 0.241 e. The Morgan fingerprint density at radius 3 is 2.54 bits per heavy atom. The summed E-state index contributed by atoms with van der Waals surface area (Å²) in [5.41, 5.74) is 2.84. The zero-order valence-electron chi connectivity index (χ0n) is 16.7. The lowest BCUT2D eigenvalue weighted by molar-refractivity contribution is -0.121. The number of nitrogens with zero attached hydrogens (tertiary/aromatic N) is 2. The molecule has 150 valence electrons. The number of hydrogen-bond donors (Lipinski definition) is 1. The van der Waals surface area contributed by atoms with Crippen molar-refractivity contribution in [3.8, 4) is 5.75 Å². The minimum Gasteiger partial charge on any atom is -0.494 e. The molecule has 2 aromatic rings. The van der Waals surface area contributed by atoms with Gasteiger partial charge in [-0.05, 0) is 43.2 Å². The molecule has 2 aromatic carbocycles. The molecule has 1 aliphatic rings. The molecule has 0 aliphatic carbocycles. The van der Waals surface area contributed by atoms with Crippen LogP contribution in [0.3, 0.4) is 0 Å². The van der Waals surface area contributed by atoms with E-state index in [1.807, 2.05) is 44.2 Å². The van der Waals surface area contributed by atoms with Crippen LogP contribution in [0.5, 0.6) is 5.75 Å². The molecule has 0 unspecified atom stereocenters. The number of anilines is 1. The highest BCUT2D eigenvalue weighted by atomic mass is 19.1. The van der Waals surface area contributed by atoms with Crippen molar-refractivity contribution in [2.24, 2.45) is 0 Å². The summed E-state index contributed by atoms with van der Waals surface area (Å²) in [7, 11) is 1.47. The lowest BCUT2D eigenvalue weighted by Gasteiger charge is -2.37. The number of benzene rings is 2. The third-order valence-corrected chi connectivity index (χ3v) is 5.36. The maximum atomic E-state index is 13.9. The number of methoxy groups -OCH3 is 1. The summed E-state index contributed by atoms with van der Waals surface area (Å²) >= 11 is 0. The van der Waals surface area contributed by atoms with Crippen molar-refractivity contribution in [1.82, 2.24) is 9.80 Å². The highest BCUT2D eigenvalue weighted by Crippen LogP contribution is 2.20. The number of nitrogens with one attached hydrogen (secondary N) is 1. The molecule has 0 radical (unpaired) electrons. The van der Waals surface area contributed by atoms with Gasteiger partial charge in [0.25, 0.3) is 0 Å². The number of halogens is 1. The summed E-state index contributed by atoms with van der Waals surface area (Å²) in [4.78, 5) is 17.1. The highest BCUT2D eigenvalue weighted by Gasteiger charge is 2.26. The maximum absolute atomic E-state index is 13.9. The standard InChI is InChI=1S/C22H28FN3O2/c1-16-6-4-5-7-20(16)24-22(27)17(2)26-12-10-25(11-13-26)15-18-8-9-21(28-3)19(23)14-18/h4-9,14,17H,10-13,15H2,1-3H3,(H,24,27)/t17-/m0/s1. The fraction of sp³-hybridized carbons (Fsp3) is 0.409. The second kappa shape index (κ2) is 9.17. The summed E-state index contributed by atoms with van der Waals surface area (Å²) in [6, 6.07) is 12.7. The molecule has 28 heavy (non-hydrogen) atoms. The van der Waals surface area contributed by atoms with Crippen molar-refractivity contribution in [3.63, 3.8) is 0 Å². The minimum atomic E-state index is -0.333. The van der Waals surface area contributed by atoms with Crippen molar-refractivity contribution in [1.29, 1.82) is 0 Å². The molecular formula is C22H28FN3O2. The first-order chi connectivity index (χ1) is 13.5. The van der Waals surface area contributed by atoms with Crippen molar-refractivity contribution in [2.75, 3.05) is 38.6 Å². The molecule has 3 rings (SSSR count). The van der Waals surface area contributed by atoms with Gasteiger partial charge in [-0.1, -0.05) is 24.3 Å². The van der Waals surface area contributed by atoms with Crippen LogP contribution in [0.15, 0.2) is 42.5 Å². The van der Waals surface area contributed by atoms with Crippen LogP contribution < -0.4 is 10.1 Å². The normalized spacial score (nSPS) is 16.6. The predicted octanol–water partition coefficient (Wildman–Crippen LogP) is 3.29. The molecule has 1 atom stereocenters. The monoisotopic (exact) mass is 385 g/mol. The van der Waals surface area contributed by atoms with Gasteiger partial charge in [0.05, 0.1) is 13.2 Å². The second-order valence-corrected chi connectivity index (χ2v) is 7.26. The lowest BCUT2D eigenvalue weighted by Crippen LogP contribution is -2.52. The average molecular weight is 385 g/mol. The molecule has 1 aliphatic heterocycles. The number of rotatable bonds is 6. The van der Waals surface area contributed by atoms with E-state index in [1.165, 1.54) is 13.2 Å². The molecule has 0 aromatic heterocycles. The number of amides is 1. The van der Waals surface area contributed by atoms with E-state index in [0.717, 1.165) is 43.0 Å². The zero-order valence-corrected chi connectivity index (χ0v) is 16.7. The Labute approximate surface area is 166 Å². The third kappa shape index (κ3) is 4.88. The Balaban J connectivity index is 1.51. The fourth-order valence-corrected chi connectivity index (χ4v) is 3.49. The van der Waals surface area contributed by atoms with Crippen LogP contribution in [0.1, 0.15) is 18.1 Å². The number of ether oxygens (including phenoxy) is 1. The molecular weight excluding hydrogens is 357 g/mol. The van der Waals surface area contributed by atoms with Gasteiger partial charge in [0.2, 0.25) is 5.91 Å². The average Bonchev–Trinajstić information content (AvgIpc) is 2.70. The lowest BCUT2D eigenvalue weighted by atomic mass is 10.1. The first-order valence-electron chi connectivity index (χ1n) is 9.63. The Morgan fingerprint density at radius 1 is 1.18 bits per heavy atom. The SMILES string of the molecule is COc1ccc(CN2CCN([C@@H](C)C(=O)Nc3ccccc3C)CC2)cc1F. The van der Waals surface area contributed by atoms with Gasteiger partial charge >= 0.3 is 0 Å². The van der Waals surface area contributed by atoms with Crippen LogP contribution in [-0.4, -0.2) is 55.0 Å². The van der Waals surface area contributed by atoms with Gasteiger partial charge in [0.15, 0.2) is 11.6 Å². The molecule has 0 bridgehead atoms. The van der Waals surface area contributed by atoms with E-state index in [-0.39, 0.29) is 23.5 Å². The van der Waals surface area contributed by atoms with E-state index >= 15 is 0 Å². The van der Waals surface area contributed by atoms with Crippen LogP contribution in [0, 0.1) is 12.7 Å². The van der Waals surface area contributed by atoms with Gasteiger partial charge in [-0.25, -0.2) is 4.39 Å². The van der Waals surface area contributed by atoms with Gasteiger partial charge < -0.3 is 10.1 Å². The van der Waals surface area contributed by atoms with Gasteiger partial charge in [-0.2, -0.15) is 0 Å². The van der Waals surface area contributed by atoms with Crippen molar-refractivity contribution >= 4 is 11.6 Å². The molecule has 1 N–H and O–H groups in total. The first-order valence-corrected chi connectivity index (χ1v) is 9.63. The van der Waals surface area contributed by atoms with E-state index in [0.29, 0.717) is 6.54 Å². The van der Waals surface area contributed by atoms with E-state index in [2.05, 4.69) is 15.1 Å². The van der Waals surface area contributed by atoms with Crippen molar-refractivity contribution < 1.29 is 13.9 Å². The molecule has 5 nitrogen and oxygen atoms in total. The van der Waals surface area contributed by atoms with Crippen LogP contribution >= 0.6 is 0 Å². The van der Waals surface area contributed by atoms with Crippen LogP contribution in [-0.2, 0) is 11.3 Å². The van der Waals surface area contributed by atoms with Crippen molar-refractivity contribution in [2.45, 2.75) is 26.4 Å². The molecule has 1 heterocycles. The number of para-hydroxylation sites is 1. The van der Waals surface area contributed by atoms with Crippen LogP contribution in [0.25, 0.3) is 0 Å². The van der Waals surface area contributed by atoms with Crippen molar-refractivity contribution in [3.05, 3.63) is 59.4 Å². The van der Waals surface area contributed by atoms with Crippen LogP contribution in [0.4, 0.5) is 10.1 Å². The number of carbonyl (C=O) groups is 1. The third-order valence-electron chi connectivity index (χ3n) is 5.36. The first kappa shape index (κ1) is 20.3. The Morgan fingerprint density at radius 2 is 1.89 bits per heavy atom. The summed E-state index contributed by atoms with van der Waals surface area (Å²) < 4.78 is 18.8. The summed E-state index contributed by atoms with van der Waals surface area (Å²) in [6.45, 7) is 7.93. The number of hydrogen-bond acceptors (Lipinski definition) is 4. The molecule has 6 heteroatoms. The minimum absolute atomic E-state index is 0.0139. The topological polar surface area (TPSA) is 44.8 Å². The fourth-order valence-electron chi connectivity index (χ4n) is 3.49. The summed E-state index contributed by atoms with van der Waals surface area (Å²) in [5, 5.41) is 3.03. The Kier molecular flexibility index (Phi) is 6.65. The van der Waals surface area contributed by atoms with Crippen LogP contribution in [0.2, 0.25) is 0 Å². The highest BCUT2D eigenvalue weighted by molar-refractivity contribution is 5.95. The molecule has 0 spiro atoms. The zero-order chi connectivity index (χ0) is 20.1. The van der Waals surface area contributed by atoms with E-state index in [9.17, 15) is 9.18 Å². The van der Waals surface area contributed by atoms with Gasteiger partial charge in [-0.3, -0.25) is 14.6 Å². The van der Waals surface area contributed by atoms with E-state index < -0.39 is 0 Å². The molecule has 1 fully saturated rings. The second-order valence-electron chi connectivity index (χ2n) is 7.26. The molecule has 0 saturated carbocycles. The Hall–Kier alpha value is -2.44. The van der Waals surface area contributed by atoms with Gasteiger partial charge in [0.1, 0.15) is 0 Å². The molecule has 1 saturated heterocycles. The number of aryl methyl sites for hydroxylation is 1. The number of carbonyl (C=O) groups excluding carboxylic acids is 1. The quantitative estimate of drug-likeness (QED) is 0.829. The largest absolute Gasteiger partial charge is 0.494 e. The Bertz CT molecular complexity index is 819. The van der Waals surface area contributed by atoms with E-state index in [1.54, 1.807) is 6.07 Å². The predicted molar refractivity (Wildman–Crippen MR) is 109 cm³/mol.